The van der Waals surface area contributed by atoms with Crippen LogP contribution in [0.15, 0.2) is 23.1 Å². The lowest BCUT2D eigenvalue weighted by Gasteiger charge is -2.26. The lowest BCUT2D eigenvalue weighted by Crippen LogP contribution is -2.33. The zero-order valence-electron chi connectivity index (χ0n) is 17.2. The average molecular weight is 412 g/mol. The van der Waals surface area contributed by atoms with Gasteiger partial charge in [0.15, 0.2) is 0 Å². The van der Waals surface area contributed by atoms with Gasteiger partial charge in [0, 0.05) is 27.1 Å². The number of rotatable bonds is 10. The predicted octanol–water partition coefficient (Wildman–Crippen LogP) is 1.87. The summed E-state index contributed by atoms with van der Waals surface area (Å²) in [6.45, 7) is 4.03. The molecule has 1 aliphatic rings. The molecule has 0 radical (unpaired) electrons. The van der Waals surface area contributed by atoms with Crippen molar-refractivity contribution in [2.75, 3.05) is 47.4 Å². The van der Waals surface area contributed by atoms with E-state index in [2.05, 4.69) is 10.2 Å². The molecule has 0 unspecified atom stereocenters. The smallest absolute Gasteiger partial charge is 0.242 e. The fourth-order valence-electron chi connectivity index (χ4n) is 3.37. The number of aryl methyl sites for hydroxylation is 1. The van der Waals surface area contributed by atoms with Crippen LogP contribution in [-0.2, 0) is 21.2 Å². The molecule has 1 aliphatic heterocycles. The SMILES string of the molecule is COc1ccc(S(=O)(=O)N(C)C)cc1CCC(=O)NCCCN1CCCCC1. The molecule has 0 aromatic heterocycles. The Morgan fingerprint density at radius 1 is 1.21 bits per heavy atom. The van der Waals surface area contributed by atoms with Crippen molar-refractivity contribution in [3.63, 3.8) is 0 Å². The highest BCUT2D eigenvalue weighted by molar-refractivity contribution is 7.89. The summed E-state index contributed by atoms with van der Waals surface area (Å²) >= 11 is 0. The van der Waals surface area contributed by atoms with Gasteiger partial charge in [0.2, 0.25) is 15.9 Å². The van der Waals surface area contributed by atoms with E-state index in [1.54, 1.807) is 19.2 Å². The Hall–Kier alpha value is -1.64. The van der Waals surface area contributed by atoms with Gasteiger partial charge in [-0.3, -0.25) is 4.79 Å². The highest BCUT2D eigenvalue weighted by atomic mass is 32.2. The topological polar surface area (TPSA) is 79.0 Å². The van der Waals surface area contributed by atoms with Gasteiger partial charge in [-0.25, -0.2) is 12.7 Å². The molecule has 0 saturated carbocycles. The molecule has 0 atom stereocenters. The first-order valence-electron chi connectivity index (χ1n) is 9.93. The molecule has 8 heteroatoms. The first-order valence-corrected chi connectivity index (χ1v) is 11.4. The lowest BCUT2D eigenvalue weighted by atomic mass is 10.1. The van der Waals surface area contributed by atoms with E-state index in [9.17, 15) is 13.2 Å². The van der Waals surface area contributed by atoms with Crippen LogP contribution in [0.4, 0.5) is 0 Å². The van der Waals surface area contributed by atoms with E-state index in [1.807, 2.05) is 0 Å². The van der Waals surface area contributed by atoms with Crippen LogP contribution in [0, 0.1) is 0 Å². The molecule has 1 fully saturated rings. The number of methoxy groups -OCH3 is 1. The molecule has 1 N–H and O–H groups in total. The van der Waals surface area contributed by atoms with Crippen molar-refractivity contribution in [3.8, 4) is 5.75 Å². The van der Waals surface area contributed by atoms with Gasteiger partial charge in [-0.15, -0.1) is 0 Å². The number of nitrogens with one attached hydrogen (secondary N) is 1. The van der Waals surface area contributed by atoms with Gasteiger partial charge >= 0.3 is 0 Å². The maximum atomic E-state index is 12.3. The second-order valence-electron chi connectivity index (χ2n) is 7.37. The number of piperidine rings is 1. The second-order valence-corrected chi connectivity index (χ2v) is 9.52. The van der Waals surface area contributed by atoms with E-state index in [0.717, 1.165) is 13.0 Å². The van der Waals surface area contributed by atoms with Crippen LogP contribution in [0.5, 0.6) is 5.75 Å². The number of ether oxygens (including phenoxy) is 1. The lowest BCUT2D eigenvalue weighted by molar-refractivity contribution is -0.121. The summed E-state index contributed by atoms with van der Waals surface area (Å²) in [6.07, 6.45) is 5.55. The first kappa shape index (κ1) is 22.6. The monoisotopic (exact) mass is 411 g/mol. The quantitative estimate of drug-likeness (QED) is 0.595. The van der Waals surface area contributed by atoms with Crippen LogP contribution in [0.1, 0.15) is 37.7 Å². The Balaban J connectivity index is 1.84. The number of nitrogens with zero attached hydrogens (tertiary/aromatic N) is 2. The standard InChI is InChI=1S/C20H33N3O4S/c1-22(2)28(25,26)18-9-10-19(27-3)17(16-18)8-11-20(24)21-12-7-15-23-13-5-4-6-14-23/h9-10,16H,4-8,11-15H2,1-3H3,(H,21,24). The highest BCUT2D eigenvalue weighted by Crippen LogP contribution is 2.25. The molecule has 1 aromatic carbocycles. The summed E-state index contributed by atoms with van der Waals surface area (Å²) in [5, 5.41) is 2.96. The van der Waals surface area contributed by atoms with E-state index in [0.29, 0.717) is 30.7 Å². The van der Waals surface area contributed by atoms with E-state index >= 15 is 0 Å². The molecule has 1 heterocycles. The fourth-order valence-corrected chi connectivity index (χ4v) is 4.32. The number of carbonyl (C=O) groups excluding carboxylic acids is 1. The Morgan fingerprint density at radius 3 is 2.57 bits per heavy atom. The van der Waals surface area contributed by atoms with Crippen molar-refractivity contribution >= 4 is 15.9 Å². The van der Waals surface area contributed by atoms with E-state index < -0.39 is 10.0 Å². The fraction of sp³-hybridized carbons (Fsp3) is 0.650. The third-order valence-electron chi connectivity index (χ3n) is 5.07. The second kappa shape index (κ2) is 10.8. The molecule has 1 amide bonds. The van der Waals surface area contributed by atoms with Crippen LogP contribution in [0.2, 0.25) is 0 Å². The van der Waals surface area contributed by atoms with Crippen LogP contribution in [-0.4, -0.2) is 70.9 Å². The molecule has 7 nitrogen and oxygen atoms in total. The molecular formula is C20H33N3O4S. The minimum absolute atomic E-state index is 0.0263. The summed E-state index contributed by atoms with van der Waals surface area (Å²) < 4.78 is 31.2. The largest absolute Gasteiger partial charge is 0.496 e. The number of benzene rings is 1. The van der Waals surface area contributed by atoms with Crippen molar-refractivity contribution < 1.29 is 17.9 Å². The summed E-state index contributed by atoms with van der Waals surface area (Å²) in [7, 11) is 1.02. The van der Waals surface area contributed by atoms with Gasteiger partial charge in [-0.05, 0) is 69.1 Å². The van der Waals surface area contributed by atoms with E-state index in [-0.39, 0.29) is 10.8 Å². The Bertz CT molecular complexity index is 744. The maximum absolute atomic E-state index is 12.3. The molecule has 0 bridgehead atoms. The minimum atomic E-state index is -3.52. The zero-order valence-corrected chi connectivity index (χ0v) is 18.1. The summed E-state index contributed by atoms with van der Waals surface area (Å²) in [5.74, 6) is 0.567. The third kappa shape index (κ3) is 6.46. The van der Waals surface area contributed by atoms with E-state index in [1.165, 1.54) is 56.8 Å². The molecule has 2 rings (SSSR count). The Labute approximate surface area is 169 Å². The molecule has 158 valence electrons. The first-order chi connectivity index (χ1) is 13.3. The molecule has 28 heavy (non-hydrogen) atoms. The van der Waals surface area contributed by atoms with E-state index in [4.69, 9.17) is 4.74 Å². The van der Waals surface area contributed by atoms with Crippen molar-refractivity contribution in [2.24, 2.45) is 0 Å². The Morgan fingerprint density at radius 2 is 1.93 bits per heavy atom. The van der Waals surface area contributed by atoms with Crippen molar-refractivity contribution in [3.05, 3.63) is 23.8 Å². The molecule has 1 aromatic rings. The van der Waals surface area contributed by atoms with Gasteiger partial charge in [-0.2, -0.15) is 0 Å². The molecular weight excluding hydrogens is 378 g/mol. The van der Waals surface area contributed by atoms with Crippen molar-refractivity contribution in [2.45, 2.75) is 43.4 Å². The van der Waals surface area contributed by atoms with Gasteiger partial charge in [0.25, 0.3) is 0 Å². The van der Waals surface area contributed by atoms with Crippen LogP contribution in [0.25, 0.3) is 0 Å². The molecule has 1 saturated heterocycles. The number of hydrogen-bond acceptors (Lipinski definition) is 5. The highest BCUT2D eigenvalue weighted by Gasteiger charge is 2.19. The summed E-state index contributed by atoms with van der Waals surface area (Å²) in [6, 6.07) is 4.76. The number of carbonyl (C=O) groups is 1. The predicted molar refractivity (Wildman–Crippen MR) is 110 cm³/mol. The number of likely N-dealkylation sites (tertiary alicyclic amines) is 1. The van der Waals surface area contributed by atoms with Gasteiger partial charge < -0.3 is 15.0 Å². The van der Waals surface area contributed by atoms with Gasteiger partial charge in [0.1, 0.15) is 5.75 Å². The normalized spacial score (nSPS) is 15.6. The van der Waals surface area contributed by atoms with Crippen LogP contribution < -0.4 is 10.1 Å². The average Bonchev–Trinajstić information content (AvgIpc) is 2.70. The summed E-state index contributed by atoms with van der Waals surface area (Å²) in [5.41, 5.74) is 0.717. The van der Waals surface area contributed by atoms with Gasteiger partial charge in [-0.1, -0.05) is 6.42 Å². The van der Waals surface area contributed by atoms with Crippen LogP contribution in [0.3, 0.4) is 0 Å². The number of hydrogen-bond donors (Lipinski definition) is 1. The van der Waals surface area contributed by atoms with Crippen LogP contribution >= 0.6 is 0 Å². The third-order valence-corrected chi connectivity index (χ3v) is 6.88. The molecule has 0 aliphatic carbocycles. The number of amides is 1. The summed E-state index contributed by atoms with van der Waals surface area (Å²) in [4.78, 5) is 14.8. The molecule has 0 spiro atoms. The van der Waals surface area contributed by atoms with Gasteiger partial charge in [0.05, 0.1) is 12.0 Å². The minimum Gasteiger partial charge on any atom is -0.496 e. The maximum Gasteiger partial charge on any atom is 0.242 e. The Kier molecular flexibility index (Phi) is 8.72. The van der Waals surface area contributed by atoms with Crippen molar-refractivity contribution in [1.29, 1.82) is 0 Å². The van der Waals surface area contributed by atoms with Crippen molar-refractivity contribution in [1.82, 2.24) is 14.5 Å². The number of sulfonamides is 1. The zero-order chi connectivity index (χ0) is 20.6.